The minimum Gasteiger partial charge on any atom is -0.484 e. The Morgan fingerprint density at radius 2 is 1.72 bits per heavy atom. The summed E-state index contributed by atoms with van der Waals surface area (Å²) in [7, 11) is 1.83. The van der Waals surface area contributed by atoms with Gasteiger partial charge in [-0.25, -0.2) is 0 Å². The number of carbonyl (C=O) groups excluding carboxylic acids is 2. The summed E-state index contributed by atoms with van der Waals surface area (Å²) in [4.78, 5) is 28.8. The van der Waals surface area contributed by atoms with Crippen LogP contribution in [0.1, 0.15) is 15.9 Å². The van der Waals surface area contributed by atoms with E-state index in [-0.39, 0.29) is 18.3 Å². The van der Waals surface area contributed by atoms with Crippen LogP contribution >= 0.6 is 11.3 Å². The number of ether oxygens (including phenoxy) is 1. The van der Waals surface area contributed by atoms with Crippen molar-refractivity contribution >= 4 is 23.0 Å². The fourth-order valence-corrected chi connectivity index (χ4v) is 2.92. The third-order valence-electron chi connectivity index (χ3n) is 3.49. The molecule has 25 heavy (non-hydrogen) atoms. The Morgan fingerprint density at radius 1 is 1.04 bits per heavy atom. The van der Waals surface area contributed by atoms with E-state index in [4.69, 9.17) is 4.74 Å². The first-order chi connectivity index (χ1) is 12.1. The molecule has 0 aliphatic rings. The molecule has 0 aliphatic heterocycles. The van der Waals surface area contributed by atoms with E-state index in [0.29, 0.717) is 21.7 Å². The average Bonchev–Trinajstić information content (AvgIpc) is 3.05. The number of hydrogen-bond donors (Lipinski definition) is 0. The van der Waals surface area contributed by atoms with Crippen LogP contribution in [0.2, 0.25) is 0 Å². The quantitative estimate of drug-likeness (QED) is 0.664. The first-order valence-corrected chi connectivity index (χ1v) is 8.52. The minimum absolute atomic E-state index is 0.0524. The summed E-state index contributed by atoms with van der Waals surface area (Å²) in [5.74, 6) is 0.106. The number of rotatable bonds is 5. The monoisotopic (exact) mass is 352 g/mol. The molecule has 2 aromatic carbocycles. The normalized spacial score (nSPS) is 11.3. The lowest BCUT2D eigenvalue weighted by atomic mass is 10.0. The molecule has 0 saturated carbocycles. The van der Waals surface area contributed by atoms with Crippen molar-refractivity contribution in [2.75, 3.05) is 6.61 Å². The Hall–Kier alpha value is -2.99. The molecule has 0 atom stereocenters. The van der Waals surface area contributed by atoms with E-state index in [2.05, 4.69) is 4.99 Å². The molecule has 6 heteroatoms. The number of hydrogen-bond acceptors (Lipinski definition) is 4. The molecular formula is C19H16N2O3S. The second kappa shape index (κ2) is 7.72. The standard InChI is InChI=1S/C19H16N2O3S/c1-21-11-12-25-19(21)20-17(22)13-24-16-9-7-15(8-10-16)18(23)14-5-3-2-4-6-14/h2-12H,13H2,1H3. The van der Waals surface area contributed by atoms with Gasteiger partial charge in [-0.3, -0.25) is 9.59 Å². The van der Waals surface area contributed by atoms with Crippen molar-refractivity contribution in [2.45, 2.75) is 0 Å². The van der Waals surface area contributed by atoms with Gasteiger partial charge in [-0.05, 0) is 24.3 Å². The maximum absolute atomic E-state index is 12.3. The number of amides is 1. The fraction of sp³-hybridized carbons (Fsp3) is 0.105. The van der Waals surface area contributed by atoms with Crippen molar-refractivity contribution in [2.24, 2.45) is 12.0 Å². The first kappa shape index (κ1) is 16.9. The predicted octanol–water partition coefficient (Wildman–Crippen LogP) is 2.82. The Kier molecular flexibility index (Phi) is 5.20. The lowest BCUT2D eigenvalue weighted by Crippen LogP contribution is -2.16. The highest BCUT2D eigenvalue weighted by molar-refractivity contribution is 7.07. The number of carbonyl (C=O) groups is 2. The second-order valence-electron chi connectivity index (χ2n) is 5.31. The Balaban J connectivity index is 1.62. The molecule has 126 valence electrons. The Bertz CT molecular complexity index is 941. The molecule has 0 bridgehead atoms. The van der Waals surface area contributed by atoms with Crippen molar-refractivity contribution in [1.82, 2.24) is 4.57 Å². The van der Waals surface area contributed by atoms with Gasteiger partial charge in [0.25, 0.3) is 5.91 Å². The van der Waals surface area contributed by atoms with Gasteiger partial charge in [0.2, 0.25) is 0 Å². The highest BCUT2D eigenvalue weighted by Crippen LogP contribution is 2.15. The average molecular weight is 352 g/mol. The van der Waals surface area contributed by atoms with Gasteiger partial charge >= 0.3 is 0 Å². The van der Waals surface area contributed by atoms with Crippen molar-refractivity contribution in [3.8, 4) is 5.75 Å². The molecular weight excluding hydrogens is 336 g/mol. The zero-order chi connectivity index (χ0) is 17.6. The van der Waals surface area contributed by atoms with Crippen LogP contribution in [-0.4, -0.2) is 22.9 Å². The number of ketones is 1. The van der Waals surface area contributed by atoms with Crippen molar-refractivity contribution in [3.63, 3.8) is 0 Å². The summed E-state index contributed by atoms with van der Waals surface area (Å²) in [5, 5.41) is 1.86. The first-order valence-electron chi connectivity index (χ1n) is 7.64. The summed E-state index contributed by atoms with van der Waals surface area (Å²) in [5.41, 5.74) is 1.20. The van der Waals surface area contributed by atoms with Crippen LogP contribution in [0.4, 0.5) is 0 Å². The smallest absolute Gasteiger partial charge is 0.286 e. The van der Waals surface area contributed by atoms with Gasteiger partial charge in [-0.2, -0.15) is 4.99 Å². The molecule has 5 nitrogen and oxygen atoms in total. The number of thiazole rings is 1. The summed E-state index contributed by atoms with van der Waals surface area (Å²) in [6.07, 6.45) is 1.83. The van der Waals surface area contributed by atoms with Crippen LogP contribution in [-0.2, 0) is 11.8 Å². The molecule has 0 N–H and O–H groups in total. The maximum Gasteiger partial charge on any atom is 0.286 e. The number of aryl methyl sites for hydroxylation is 1. The van der Waals surface area contributed by atoms with Crippen molar-refractivity contribution < 1.29 is 14.3 Å². The summed E-state index contributed by atoms with van der Waals surface area (Å²) < 4.78 is 7.21. The van der Waals surface area contributed by atoms with Crippen LogP contribution in [0.15, 0.2) is 71.2 Å². The molecule has 0 aliphatic carbocycles. The van der Waals surface area contributed by atoms with Gasteiger partial charge < -0.3 is 9.30 Å². The lowest BCUT2D eigenvalue weighted by molar-refractivity contribution is -0.120. The lowest BCUT2D eigenvalue weighted by Gasteiger charge is -2.05. The van der Waals surface area contributed by atoms with Gasteiger partial charge in [-0.15, -0.1) is 11.3 Å². The molecule has 0 spiro atoms. The number of nitrogens with zero attached hydrogens (tertiary/aromatic N) is 2. The topological polar surface area (TPSA) is 60.7 Å². The van der Waals surface area contributed by atoms with Crippen LogP contribution in [0.5, 0.6) is 5.75 Å². The zero-order valence-electron chi connectivity index (χ0n) is 13.6. The van der Waals surface area contributed by atoms with Gasteiger partial charge in [0.1, 0.15) is 5.75 Å². The molecule has 0 fully saturated rings. The van der Waals surface area contributed by atoms with Crippen LogP contribution in [0.25, 0.3) is 0 Å². The fourth-order valence-electron chi connectivity index (χ4n) is 2.18. The SMILES string of the molecule is Cn1ccsc1=NC(=O)COc1ccc(C(=O)c2ccccc2)cc1. The summed E-state index contributed by atoms with van der Waals surface area (Å²) >= 11 is 1.39. The van der Waals surface area contributed by atoms with E-state index in [0.717, 1.165) is 0 Å². The Labute approximate surface area is 148 Å². The molecule has 0 unspecified atom stereocenters. The molecule has 3 aromatic rings. The number of aromatic nitrogens is 1. The van der Waals surface area contributed by atoms with E-state index in [1.54, 1.807) is 41.0 Å². The Morgan fingerprint density at radius 3 is 2.36 bits per heavy atom. The van der Waals surface area contributed by atoms with Gasteiger partial charge in [0.15, 0.2) is 17.2 Å². The van der Waals surface area contributed by atoms with Crippen LogP contribution < -0.4 is 9.54 Å². The van der Waals surface area contributed by atoms with Crippen molar-refractivity contribution in [1.29, 1.82) is 0 Å². The third kappa shape index (κ3) is 4.30. The van der Waals surface area contributed by atoms with Crippen LogP contribution in [0, 0.1) is 0 Å². The zero-order valence-corrected chi connectivity index (χ0v) is 14.4. The largest absolute Gasteiger partial charge is 0.484 e. The number of benzene rings is 2. The molecule has 1 heterocycles. The summed E-state index contributed by atoms with van der Waals surface area (Å²) in [6.45, 7) is -0.149. The highest BCUT2D eigenvalue weighted by atomic mass is 32.1. The van der Waals surface area contributed by atoms with E-state index in [1.165, 1.54) is 11.3 Å². The summed E-state index contributed by atoms with van der Waals surface area (Å²) in [6, 6.07) is 15.8. The van der Waals surface area contributed by atoms with E-state index < -0.39 is 0 Å². The molecule has 1 amide bonds. The van der Waals surface area contributed by atoms with E-state index >= 15 is 0 Å². The predicted molar refractivity (Wildman–Crippen MR) is 95.7 cm³/mol. The second-order valence-corrected chi connectivity index (χ2v) is 6.18. The molecule has 3 rings (SSSR count). The highest BCUT2D eigenvalue weighted by Gasteiger charge is 2.09. The molecule has 0 radical (unpaired) electrons. The molecule has 1 aromatic heterocycles. The minimum atomic E-state index is -0.359. The maximum atomic E-state index is 12.3. The van der Waals surface area contributed by atoms with E-state index in [9.17, 15) is 9.59 Å². The third-order valence-corrected chi connectivity index (χ3v) is 4.34. The van der Waals surface area contributed by atoms with Gasteiger partial charge in [-0.1, -0.05) is 30.3 Å². The molecule has 0 saturated heterocycles. The van der Waals surface area contributed by atoms with Crippen LogP contribution in [0.3, 0.4) is 0 Å². The van der Waals surface area contributed by atoms with Gasteiger partial charge in [0, 0.05) is 29.8 Å². The van der Waals surface area contributed by atoms with Gasteiger partial charge in [0.05, 0.1) is 0 Å². The van der Waals surface area contributed by atoms with Crippen molar-refractivity contribution in [3.05, 3.63) is 82.1 Å². The van der Waals surface area contributed by atoms with E-state index in [1.807, 2.05) is 36.8 Å².